The van der Waals surface area contributed by atoms with Crippen LogP contribution in [0.25, 0.3) is 0 Å². The minimum atomic E-state index is 0.224. The summed E-state index contributed by atoms with van der Waals surface area (Å²) >= 11 is 0. The Labute approximate surface area is 104 Å². The third kappa shape index (κ3) is 3.18. The lowest BCUT2D eigenvalue weighted by Crippen LogP contribution is -2.11. The van der Waals surface area contributed by atoms with Gasteiger partial charge in [-0.15, -0.1) is 0 Å². The van der Waals surface area contributed by atoms with Gasteiger partial charge in [0.1, 0.15) is 5.78 Å². The smallest absolute Gasteiger partial charge is 0.133 e. The second-order valence-electron chi connectivity index (χ2n) is 6.30. The van der Waals surface area contributed by atoms with Crippen LogP contribution in [0, 0.1) is 5.92 Å². The number of benzene rings is 1. The first kappa shape index (κ1) is 12.3. The first-order valence-electron chi connectivity index (χ1n) is 6.56. The molecule has 1 aromatic carbocycles. The minimum absolute atomic E-state index is 0.224. The molecule has 0 N–H and O–H groups in total. The third-order valence-electron chi connectivity index (χ3n) is 3.69. The zero-order valence-corrected chi connectivity index (χ0v) is 11.1. The van der Waals surface area contributed by atoms with Gasteiger partial charge in [-0.1, -0.05) is 45.0 Å². The molecule has 1 heteroatoms. The van der Waals surface area contributed by atoms with E-state index >= 15 is 0 Å². The second kappa shape index (κ2) is 4.64. The van der Waals surface area contributed by atoms with Crippen molar-refractivity contribution in [2.45, 2.75) is 51.9 Å². The number of ketones is 1. The topological polar surface area (TPSA) is 17.1 Å². The third-order valence-corrected chi connectivity index (χ3v) is 3.69. The molecule has 17 heavy (non-hydrogen) atoms. The molecule has 1 nitrogen and oxygen atoms in total. The fraction of sp³-hybridized carbons (Fsp3) is 0.562. The SMILES string of the molecule is CC(C)(C)c1ccc(CC2CCC(=O)C2)cc1. The molecule has 0 aliphatic heterocycles. The van der Waals surface area contributed by atoms with Crippen molar-refractivity contribution in [3.05, 3.63) is 35.4 Å². The molecule has 1 saturated carbocycles. The van der Waals surface area contributed by atoms with E-state index in [1.807, 2.05) is 0 Å². The zero-order valence-electron chi connectivity index (χ0n) is 11.1. The molecular weight excluding hydrogens is 208 g/mol. The summed E-state index contributed by atoms with van der Waals surface area (Å²) in [4.78, 5) is 11.2. The summed E-state index contributed by atoms with van der Waals surface area (Å²) in [6.07, 6.45) is 3.74. The zero-order chi connectivity index (χ0) is 12.5. The van der Waals surface area contributed by atoms with Gasteiger partial charge in [0.2, 0.25) is 0 Å². The molecule has 0 saturated heterocycles. The number of carbonyl (C=O) groups excluding carboxylic acids is 1. The van der Waals surface area contributed by atoms with E-state index in [9.17, 15) is 4.79 Å². The molecule has 1 unspecified atom stereocenters. The van der Waals surface area contributed by atoms with Crippen LogP contribution < -0.4 is 0 Å². The average Bonchev–Trinajstić information content (AvgIpc) is 2.63. The fourth-order valence-corrected chi connectivity index (χ4v) is 2.54. The summed E-state index contributed by atoms with van der Waals surface area (Å²) in [6, 6.07) is 8.91. The van der Waals surface area contributed by atoms with Crippen LogP contribution in [0.1, 0.15) is 51.2 Å². The van der Waals surface area contributed by atoms with Crippen LogP contribution in [0.4, 0.5) is 0 Å². The highest BCUT2D eigenvalue weighted by Gasteiger charge is 2.22. The van der Waals surface area contributed by atoms with Crippen molar-refractivity contribution >= 4 is 5.78 Å². The van der Waals surface area contributed by atoms with Crippen LogP contribution in [0.2, 0.25) is 0 Å². The van der Waals surface area contributed by atoms with Crippen molar-refractivity contribution in [2.24, 2.45) is 5.92 Å². The lowest BCUT2D eigenvalue weighted by Gasteiger charge is -2.19. The molecule has 1 aliphatic carbocycles. The van der Waals surface area contributed by atoms with Crippen LogP contribution in [0.5, 0.6) is 0 Å². The number of hydrogen-bond acceptors (Lipinski definition) is 1. The first-order chi connectivity index (χ1) is 7.95. The van der Waals surface area contributed by atoms with E-state index in [1.165, 1.54) is 11.1 Å². The van der Waals surface area contributed by atoms with Gasteiger partial charge in [0.05, 0.1) is 0 Å². The molecule has 0 aromatic heterocycles. The minimum Gasteiger partial charge on any atom is -0.300 e. The van der Waals surface area contributed by atoms with E-state index in [0.29, 0.717) is 11.7 Å². The molecule has 1 atom stereocenters. The van der Waals surface area contributed by atoms with Crippen molar-refractivity contribution < 1.29 is 4.79 Å². The summed E-state index contributed by atoms with van der Waals surface area (Å²) in [5.74, 6) is 1.03. The van der Waals surface area contributed by atoms with Gasteiger partial charge in [-0.05, 0) is 35.3 Å². The molecule has 1 fully saturated rings. The van der Waals surface area contributed by atoms with E-state index in [2.05, 4.69) is 45.0 Å². The Bertz CT molecular complexity index is 395. The van der Waals surface area contributed by atoms with Crippen molar-refractivity contribution in [1.29, 1.82) is 0 Å². The van der Waals surface area contributed by atoms with Gasteiger partial charge in [0.15, 0.2) is 0 Å². The van der Waals surface area contributed by atoms with Gasteiger partial charge >= 0.3 is 0 Å². The monoisotopic (exact) mass is 230 g/mol. The van der Waals surface area contributed by atoms with E-state index in [0.717, 1.165) is 25.7 Å². The Hall–Kier alpha value is -1.11. The lowest BCUT2D eigenvalue weighted by molar-refractivity contribution is -0.117. The van der Waals surface area contributed by atoms with Crippen LogP contribution >= 0.6 is 0 Å². The predicted molar refractivity (Wildman–Crippen MR) is 71.2 cm³/mol. The molecule has 0 bridgehead atoms. The highest BCUT2D eigenvalue weighted by Crippen LogP contribution is 2.27. The first-order valence-corrected chi connectivity index (χ1v) is 6.56. The van der Waals surface area contributed by atoms with Gasteiger partial charge < -0.3 is 0 Å². The van der Waals surface area contributed by atoms with E-state index in [1.54, 1.807) is 0 Å². The van der Waals surface area contributed by atoms with E-state index in [4.69, 9.17) is 0 Å². The number of carbonyl (C=O) groups is 1. The number of Topliss-reactive ketones (excluding diaryl/α,β-unsaturated/α-hetero) is 1. The molecule has 0 radical (unpaired) electrons. The van der Waals surface area contributed by atoms with Crippen molar-refractivity contribution in [2.75, 3.05) is 0 Å². The maximum absolute atomic E-state index is 11.2. The number of hydrogen-bond donors (Lipinski definition) is 0. The van der Waals surface area contributed by atoms with Crippen molar-refractivity contribution in [3.63, 3.8) is 0 Å². The highest BCUT2D eigenvalue weighted by molar-refractivity contribution is 5.80. The fourth-order valence-electron chi connectivity index (χ4n) is 2.54. The average molecular weight is 230 g/mol. The summed E-state index contributed by atoms with van der Waals surface area (Å²) < 4.78 is 0. The van der Waals surface area contributed by atoms with Crippen molar-refractivity contribution in [3.8, 4) is 0 Å². The largest absolute Gasteiger partial charge is 0.300 e. The summed E-state index contributed by atoms with van der Waals surface area (Å²) in [6.45, 7) is 6.70. The van der Waals surface area contributed by atoms with Gasteiger partial charge in [-0.2, -0.15) is 0 Å². The van der Waals surface area contributed by atoms with Gasteiger partial charge in [0.25, 0.3) is 0 Å². The Kier molecular flexibility index (Phi) is 3.37. The summed E-state index contributed by atoms with van der Waals surface area (Å²) in [5.41, 5.74) is 2.98. The normalized spacial score (nSPS) is 20.9. The highest BCUT2D eigenvalue weighted by atomic mass is 16.1. The van der Waals surface area contributed by atoms with E-state index < -0.39 is 0 Å². The van der Waals surface area contributed by atoms with Crippen LogP contribution in [-0.2, 0) is 16.6 Å². The molecule has 92 valence electrons. The quantitative estimate of drug-likeness (QED) is 0.753. The molecule has 1 aromatic rings. The maximum Gasteiger partial charge on any atom is 0.133 e. The number of rotatable bonds is 2. The standard InChI is InChI=1S/C16H22O/c1-16(2,3)14-7-4-12(5-8-14)10-13-6-9-15(17)11-13/h4-5,7-8,13H,6,9-11H2,1-3H3. The van der Waals surface area contributed by atoms with Crippen LogP contribution in [-0.4, -0.2) is 5.78 Å². The molecule has 1 aliphatic rings. The summed E-state index contributed by atoms with van der Waals surface area (Å²) in [7, 11) is 0. The molecule has 0 heterocycles. The van der Waals surface area contributed by atoms with Gasteiger partial charge in [0, 0.05) is 12.8 Å². The van der Waals surface area contributed by atoms with Crippen LogP contribution in [0.3, 0.4) is 0 Å². The molecule has 0 spiro atoms. The predicted octanol–water partition coefficient (Wildman–Crippen LogP) is 3.90. The lowest BCUT2D eigenvalue weighted by atomic mass is 9.86. The Morgan fingerprint density at radius 2 is 1.82 bits per heavy atom. The molecule has 0 amide bonds. The van der Waals surface area contributed by atoms with Crippen molar-refractivity contribution in [1.82, 2.24) is 0 Å². The van der Waals surface area contributed by atoms with Crippen LogP contribution in [0.15, 0.2) is 24.3 Å². The molecular formula is C16H22O. The Balaban J connectivity index is 2.01. The Morgan fingerprint density at radius 3 is 2.29 bits per heavy atom. The maximum atomic E-state index is 11.2. The molecule has 2 rings (SSSR count). The second-order valence-corrected chi connectivity index (χ2v) is 6.30. The summed E-state index contributed by atoms with van der Waals surface area (Å²) in [5, 5.41) is 0. The Morgan fingerprint density at radius 1 is 1.18 bits per heavy atom. The van der Waals surface area contributed by atoms with Gasteiger partial charge in [-0.25, -0.2) is 0 Å². The van der Waals surface area contributed by atoms with Gasteiger partial charge in [-0.3, -0.25) is 4.79 Å². The van der Waals surface area contributed by atoms with E-state index in [-0.39, 0.29) is 5.41 Å².